The molecule has 1 aromatic heterocycles. The number of hydrogen-bond acceptors (Lipinski definition) is 4. The zero-order valence-corrected chi connectivity index (χ0v) is 14.8. The number of aliphatic carboxylic acids is 1. The summed E-state index contributed by atoms with van der Waals surface area (Å²) in [6.07, 6.45) is 2.03. The van der Waals surface area contributed by atoms with Crippen molar-refractivity contribution in [3.63, 3.8) is 0 Å². The molecule has 0 aliphatic heterocycles. The van der Waals surface area contributed by atoms with Crippen LogP contribution in [0.5, 0.6) is 0 Å². The first-order valence-corrected chi connectivity index (χ1v) is 8.48. The molecule has 0 fully saturated rings. The number of carbonyl (C=O) groups is 2. The molecule has 134 valence electrons. The van der Waals surface area contributed by atoms with Gasteiger partial charge in [-0.2, -0.15) is 0 Å². The van der Waals surface area contributed by atoms with Gasteiger partial charge in [0.05, 0.1) is 5.69 Å². The van der Waals surface area contributed by atoms with E-state index in [-0.39, 0.29) is 18.1 Å². The van der Waals surface area contributed by atoms with Crippen LogP contribution in [0.2, 0.25) is 0 Å². The third kappa shape index (κ3) is 4.47. The lowest BCUT2D eigenvalue weighted by Crippen LogP contribution is -2.43. The predicted octanol–water partition coefficient (Wildman–Crippen LogP) is 3.35. The second-order valence-electron chi connectivity index (χ2n) is 6.09. The van der Waals surface area contributed by atoms with Gasteiger partial charge in [-0.15, -0.1) is 0 Å². The zero-order valence-electron chi connectivity index (χ0n) is 14.8. The molecule has 1 amide bonds. The molecule has 1 heterocycles. The molecule has 0 spiro atoms. The topological polar surface area (TPSA) is 83.6 Å². The second kappa shape index (κ2) is 8.46. The Morgan fingerprint density at radius 3 is 2.40 bits per heavy atom. The number of nitrogens with zero attached hydrogens (tertiary/aromatic N) is 2. The summed E-state index contributed by atoms with van der Waals surface area (Å²) in [5.74, 6) is -1.23. The molecule has 2 rings (SSSR count). The van der Waals surface area contributed by atoms with Gasteiger partial charge in [-0.05, 0) is 18.4 Å². The van der Waals surface area contributed by atoms with Crippen LogP contribution in [0.4, 0.5) is 0 Å². The largest absolute Gasteiger partial charge is 0.480 e. The fourth-order valence-corrected chi connectivity index (χ4v) is 2.83. The van der Waals surface area contributed by atoms with Crippen molar-refractivity contribution in [3.05, 3.63) is 53.4 Å². The van der Waals surface area contributed by atoms with Crippen LogP contribution in [0.25, 0.3) is 0 Å². The first-order chi connectivity index (χ1) is 12.0. The molecular weight excluding hydrogens is 320 g/mol. The Bertz CT molecular complexity index is 707. The molecule has 0 radical (unpaired) electrons. The van der Waals surface area contributed by atoms with Crippen molar-refractivity contribution >= 4 is 11.9 Å². The normalized spacial score (nSPS) is 12.2. The van der Waals surface area contributed by atoms with Gasteiger partial charge in [0.15, 0.2) is 0 Å². The van der Waals surface area contributed by atoms with Gasteiger partial charge in [-0.3, -0.25) is 4.79 Å². The van der Waals surface area contributed by atoms with Crippen LogP contribution in [0.3, 0.4) is 0 Å². The summed E-state index contributed by atoms with van der Waals surface area (Å²) in [6, 6.07) is 9.88. The van der Waals surface area contributed by atoms with Crippen molar-refractivity contribution in [2.75, 3.05) is 7.05 Å². The molecule has 0 bridgehead atoms. The smallest absolute Gasteiger partial charge is 0.326 e. The van der Waals surface area contributed by atoms with Gasteiger partial charge in [0.2, 0.25) is 5.76 Å². The van der Waals surface area contributed by atoms with E-state index in [1.165, 1.54) is 11.9 Å². The number of benzene rings is 1. The van der Waals surface area contributed by atoms with Gasteiger partial charge in [-0.25, -0.2) is 4.79 Å². The Labute approximate surface area is 147 Å². The van der Waals surface area contributed by atoms with Crippen LogP contribution in [-0.4, -0.2) is 40.1 Å². The van der Waals surface area contributed by atoms with E-state index in [4.69, 9.17) is 4.52 Å². The van der Waals surface area contributed by atoms with Crippen LogP contribution in [0.1, 0.15) is 54.4 Å². The Kier molecular flexibility index (Phi) is 6.33. The minimum absolute atomic E-state index is 0.0729. The van der Waals surface area contributed by atoms with Gasteiger partial charge in [0, 0.05) is 25.5 Å². The lowest BCUT2D eigenvalue weighted by atomic mass is 9.99. The van der Waals surface area contributed by atoms with Gasteiger partial charge >= 0.3 is 5.97 Å². The van der Waals surface area contributed by atoms with Crippen LogP contribution < -0.4 is 0 Å². The average Bonchev–Trinajstić information content (AvgIpc) is 3.10. The van der Waals surface area contributed by atoms with Crippen molar-refractivity contribution in [1.29, 1.82) is 0 Å². The fraction of sp³-hybridized carbons (Fsp3) is 0.421. The summed E-state index contributed by atoms with van der Waals surface area (Å²) in [6.45, 7) is 4.10. The molecule has 1 atom stereocenters. The number of likely N-dealkylation sites (N-methyl/N-ethyl adjacent to an activating group) is 1. The van der Waals surface area contributed by atoms with Crippen molar-refractivity contribution in [1.82, 2.24) is 10.1 Å². The molecule has 6 heteroatoms. The van der Waals surface area contributed by atoms with E-state index >= 15 is 0 Å². The molecule has 2 aromatic rings. The van der Waals surface area contributed by atoms with Crippen LogP contribution in [-0.2, 0) is 11.2 Å². The van der Waals surface area contributed by atoms with Crippen LogP contribution >= 0.6 is 0 Å². The lowest BCUT2D eigenvalue weighted by molar-refractivity contribution is -0.141. The van der Waals surface area contributed by atoms with Crippen molar-refractivity contribution in [3.8, 4) is 0 Å². The Morgan fingerprint density at radius 2 is 1.84 bits per heavy atom. The molecule has 6 nitrogen and oxygen atoms in total. The summed E-state index contributed by atoms with van der Waals surface area (Å²) >= 11 is 0. The number of carbonyl (C=O) groups excluding carboxylic acids is 1. The lowest BCUT2D eigenvalue weighted by Gasteiger charge is -2.23. The zero-order chi connectivity index (χ0) is 18.4. The van der Waals surface area contributed by atoms with Crippen LogP contribution in [0, 0.1) is 0 Å². The fourth-order valence-electron chi connectivity index (χ4n) is 2.83. The Morgan fingerprint density at radius 1 is 1.20 bits per heavy atom. The van der Waals surface area contributed by atoms with Gasteiger partial charge in [-0.1, -0.05) is 49.3 Å². The molecule has 1 aromatic carbocycles. The Balaban J connectivity index is 2.17. The summed E-state index contributed by atoms with van der Waals surface area (Å²) in [7, 11) is 1.48. The quantitative estimate of drug-likeness (QED) is 0.794. The third-order valence-electron chi connectivity index (χ3n) is 4.49. The monoisotopic (exact) mass is 344 g/mol. The summed E-state index contributed by atoms with van der Waals surface area (Å²) < 4.78 is 5.18. The van der Waals surface area contributed by atoms with Crippen LogP contribution in [0.15, 0.2) is 40.9 Å². The van der Waals surface area contributed by atoms with Crippen molar-refractivity contribution < 1.29 is 19.2 Å². The molecule has 0 saturated carbocycles. The van der Waals surface area contributed by atoms with E-state index in [0.717, 1.165) is 24.1 Å². The summed E-state index contributed by atoms with van der Waals surface area (Å²) in [5.41, 5.74) is 1.58. The standard InChI is InChI=1S/C19H24N2O4/c1-4-14(5-2)15-12-17(25-20-15)18(22)21(3)16(19(23)24)11-13-9-7-6-8-10-13/h6-10,12,14,16H,4-5,11H2,1-3H3,(H,23,24). The number of hydrogen-bond donors (Lipinski definition) is 1. The third-order valence-corrected chi connectivity index (χ3v) is 4.49. The highest BCUT2D eigenvalue weighted by Crippen LogP contribution is 2.23. The maximum atomic E-state index is 12.6. The maximum Gasteiger partial charge on any atom is 0.326 e. The molecule has 0 aliphatic rings. The molecule has 1 unspecified atom stereocenters. The molecular formula is C19H24N2O4. The first-order valence-electron chi connectivity index (χ1n) is 8.48. The maximum absolute atomic E-state index is 12.6. The van der Waals surface area contributed by atoms with Gasteiger partial charge in [0.25, 0.3) is 5.91 Å². The van der Waals surface area contributed by atoms with E-state index in [1.807, 2.05) is 30.3 Å². The van der Waals surface area contributed by atoms with Gasteiger partial charge in [0.1, 0.15) is 6.04 Å². The highest BCUT2D eigenvalue weighted by molar-refractivity contribution is 5.94. The molecule has 0 saturated heterocycles. The van der Waals surface area contributed by atoms with Crippen molar-refractivity contribution in [2.24, 2.45) is 0 Å². The molecule has 0 aliphatic carbocycles. The number of carboxylic acid groups (broad SMARTS) is 1. The van der Waals surface area contributed by atoms with E-state index in [1.54, 1.807) is 6.07 Å². The number of carboxylic acids is 1. The summed E-state index contributed by atoms with van der Waals surface area (Å²) in [4.78, 5) is 25.5. The molecule has 1 N–H and O–H groups in total. The predicted molar refractivity (Wildman–Crippen MR) is 93.5 cm³/mol. The van der Waals surface area contributed by atoms with Gasteiger partial charge < -0.3 is 14.5 Å². The van der Waals surface area contributed by atoms with E-state index < -0.39 is 17.9 Å². The summed E-state index contributed by atoms with van der Waals surface area (Å²) in [5, 5.41) is 13.5. The van der Waals surface area contributed by atoms with E-state index in [9.17, 15) is 14.7 Å². The van der Waals surface area contributed by atoms with Crippen molar-refractivity contribution in [2.45, 2.75) is 45.1 Å². The Hall–Kier alpha value is -2.63. The SMILES string of the molecule is CCC(CC)c1cc(C(=O)N(C)C(Cc2ccccc2)C(=O)O)on1. The van der Waals surface area contributed by atoms with E-state index in [0.29, 0.717) is 0 Å². The number of rotatable bonds is 8. The number of amides is 1. The number of aromatic nitrogens is 1. The highest BCUT2D eigenvalue weighted by atomic mass is 16.5. The minimum Gasteiger partial charge on any atom is -0.480 e. The highest BCUT2D eigenvalue weighted by Gasteiger charge is 2.30. The molecule has 25 heavy (non-hydrogen) atoms. The van der Waals surface area contributed by atoms with E-state index in [2.05, 4.69) is 19.0 Å². The first kappa shape index (κ1) is 18.7. The second-order valence-corrected chi connectivity index (χ2v) is 6.09. The average molecular weight is 344 g/mol. The minimum atomic E-state index is -1.06.